The van der Waals surface area contributed by atoms with E-state index >= 15 is 0 Å². The van der Waals surface area contributed by atoms with Gasteiger partial charge in [-0.05, 0) is 103 Å². The molecule has 5 rings (SSSR count). The minimum absolute atomic E-state index is 0.486. The van der Waals surface area contributed by atoms with Crippen molar-refractivity contribution in [2.24, 2.45) is 51.8 Å². The molecule has 0 aromatic carbocycles. The molecule has 0 unspecified atom stereocenters. The summed E-state index contributed by atoms with van der Waals surface area (Å²) in [6.07, 6.45) is 17.7. The van der Waals surface area contributed by atoms with E-state index in [9.17, 15) is 4.79 Å². The second-order valence-electron chi connectivity index (χ2n) is 12.8. The lowest BCUT2D eigenvalue weighted by Crippen LogP contribution is -2.49. The Labute approximate surface area is 173 Å². The third-order valence-corrected chi connectivity index (χ3v) is 11.3. The highest BCUT2D eigenvalue weighted by atomic mass is 16.1. The Morgan fingerprint density at radius 1 is 0.964 bits per heavy atom. The van der Waals surface area contributed by atoms with Crippen LogP contribution in [0.3, 0.4) is 0 Å². The lowest BCUT2D eigenvalue weighted by atomic mass is 9.49. The number of ketones is 1. The van der Waals surface area contributed by atoms with Crippen molar-refractivity contribution < 1.29 is 4.79 Å². The van der Waals surface area contributed by atoms with Crippen LogP contribution in [0.1, 0.15) is 111 Å². The van der Waals surface area contributed by atoms with E-state index in [2.05, 4.69) is 27.7 Å². The van der Waals surface area contributed by atoms with Crippen molar-refractivity contribution in [3.8, 4) is 0 Å². The fourth-order valence-corrected chi connectivity index (χ4v) is 9.96. The standard InChI is InChI=1S/C27H44O/c1-18(2)6-5-7-19(3)22-8-9-23-21-11-14-26-16-20(28)10-15-27(26,17-26)24(21)12-13-25(22,23)4/h18-19,21-24H,5-17H2,1-4H3/t19-,21+,22-,23+,24+,25-,26-,27+/m1/s1. The monoisotopic (exact) mass is 384 g/mol. The van der Waals surface area contributed by atoms with E-state index in [4.69, 9.17) is 0 Å². The zero-order valence-corrected chi connectivity index (χ0v) is 19.1. The second-order valence-corrected chi connectivity index (χ2v) is 12.8. The molecule has 28 heavy (non-hydrogen) atoms. The Bertz CT molecular complexity index is 636. The average molecular weight is 385 g/mol. The van der Waals surface area contributed by atoms with Crippen molar-refractivity contribution in [1.29, 1.82) is 0 Å². The quantitative estimate of drug-likeness (QED) is 0.481. The molecule has 8 atom stereocenters. The first-order valence-corrected chi connectivity index (χ1v) is 12.8. The van der Waals surface area contributed by atoms with E-state index in [0.29, 0.717) is 22.0 Å². The lowest BCUT2D eigenvalue weighted by Gasteiger charge is -2.56. The van der Waals surface area contributed by atoms with E-state index in [1.54, 1.807) is 0 Å². The molecule has 5 fully saturated rings. The molecule has 0 amide bonds. The Hall–Kier alpha value is -0.330. The van der Waals surface area contributed by atoms with Gasteiger partial charge >= 0.3 is 0 Å². The van der Waals surface area contributed by atoms with Crippen molar-refractivity contribution in [1.82, 2.24) is 0 Å². The summed E-state index contributed by atoms with van der Waals surface area (Å²) in [5.74, 6) is 6.30. The molecule has 0 spiro atoms. The highest BCUT2D eigenvalue weighted by molar-refractivity contribution is 5.81. The second kappa shape index (κ2) is 6.58. The molecule has 0 aromatic rings. The molecule has 0 aliphatic heterocycles. The number of carbonyl (C=O) groups excluding carboxylic acids is 1. The normalized spacial score (nSPS) is 50.5. The molecule has 0 heterocycles. The van der Waals surface area contributed by atoms with Gasteiger partial charge in [0.15, 0.2) is 0 Å². The van der Waals surface area contributed by atoms with Crippen molar-refractivity contribution >= 4 is 5.78 Å². The molecule has 5 saturated carbocycles. The van der Waals surface area contributed by atoms with E-state index in [-0.39, 0.29) is 0 Å². The van der Waals surface area contributed by atoms with Gasteiger partial charge in [0.1, 0.15) is 5.78 Å². The first kappa shape index (κ1) is 19.6. The zero-order valence-electron chi connectivity index (χ0n) is 19.1. The highest BCUT2D eigenvalue weighted by Crippen LogP contribution is 2.82. The summed E-state index contributed by atoms with van der Waals surface area (Å²) in [4.78, 5) is 12.2. The number of Topliss-reactive ketones (excluding diaryl/α,β-unsaturated/α-hetero) is 1. The van der Waals surface area contributed by atoms with Crippen molar-refractivity contribution in [3.63, 3.8) is 0 Å². The van der Waals surface area contributed by atoms with Gasteiger partial charge in [-0.15, -0.1) is 0 Å². The van der Waals surface area contributed by atoms with Crippen LogP contribution in [0.25, 0.3) is 0 Å². The lowest BCUT2D eigenvalue weighted by molar-refractivity contribution is -0.127. The van der Waals surface area contributed by atoms with Gasteiger partial charge in [-0.25, -0.2) is 0 Å². The Morgan fingerprint density at radius 2 is 1.79 bits per heavy atom. The largest absolute Gasteiger partial charge is 0.300 e. The fourth-order valence-electron chi connectivity index (χ4n) is 9.96. The number of fused-ring (bicyclic) bond motifs is 3. The van der Waals surface area contributed by atoms with E-state index in [1.807, 2.05) is 0 Å². The Kier molecular flexibility index (Phi) is 4.61. The smallest absolute Gasteiger partial charge is 0.133 e. The van der Waals surface area contributed by atoms with Crippen LogP contribution >= 0.6 is 0 Å². The number of hydrogen-bond acceptors (Lipinski definition) is 1. The summed E-state index contributed by atoms with van der Waals surface area (Å²) in [5, 5.41) is 0. The first-order chi connectivity index (χ1) is 13.3. The summed E-state index contributed by atoms with van der Waals surface area (Å²) in [6, 6.07) is 0. The summed E-state index contributed by atoms with van der Waals surface area (Å²) >= 11 is 0. The predicted octanol–water partition coefficient (Wildman–Crippen LogP) is 7.43. The molecule has 0 saturated heterocycles. The maximum absolute atomic E-state index is 12.2. The van der Waals surface area contributed by atoms with Crippen LogP contribution in [0.5, 0.6) is 0 Å². The number of hydrogen-bond donors (Lipinski definition) is 0. The molecule has 158 valence electrons. The predicted molar refractivity (Wildman–Crippen MR) is 116 cm³/mol. The molecule has 5 aliphatic carbocycles. The van der Waals surface area contributed by atoms with Gasteiger partial charge in [-0.1, -0.05) is 47.0 Å². The molecular formula is C27H44O. The molecule has 1 nitrogen and oxygen atoms in total. The van der Waals surface area contributed by atoms with E-state index in [0.717, 1.165) is 48.3 Å². The van der Waals surface area contributed by atoms with Crippen LogP contribution in [0.2, 0.25) is 0 Å². The van der Waals surface area contributed by atoms with Crippen LogP contribution in [0, 0.1) is 51.8 Å². The van der Waals surface area contributed by atoms with Crippen LogP contribution in [0.15, 0.2) is 0 Å². The number of carbonyl (C=O) groups is 1. The Morgan fingerprint density at radius 3 is 2.57 bits per heavy atom. The van der Waals surface area contributed by atoms with Crippen molar-refractivity contribution in [2.75, 3.05) is 0 Å². The Balaban J connectivity index is 1.30. The van der Waals surface area contributed by atoms with E-state index < -0.39 is 0 Å². The maximum atomic E-state index is 12.2. The average Bonchev–Trinajstić information content (AvgIpc) is 3.19. The van der Waals surface area contributed by atoms with Gasteiger partial charge in [0.25, 0.3) is 0 Å². The van der Waals surface area contributed by atoms with E-state index in [1.165, 1.54) is 70.6 Å². The molecule has 1 heteroatoms. The summed E-state index contributed by atoms with van der Waals surface area (Å²) < 4.78 is 0. The van der Waals surface area contributed by atoms with Gasteiger partial charge in [-0.2, -0.15) is 0 Å². The van der Waals surface area contributed by atoms with Crippen LogP contribution < -0.4 is 0 Å². The summed E-state index contributed by atoms with van der Waals surface area (Å²) in [7, 11) is 0. The summed E-state index contributed by atoms with van der Waals surface area (Å²) in [6.45, 7) is 10.0. The van der Waals surface area contributed by atoms with Crippen molar-refractivity contribution in [2.45, 2.75) is 111 Å². The van der Waals surface area contributed by atoms with Crippen LogP contribution in [-0.4, -0.2) is 5.78 Å². The van der Waals surface area contributed by atoms with Gasteiger partial charge in [0.05, 0.1) is 0 Å². The minimum Gasteiger partial charge on any atom is -0.300 e. The fraction of sp³-hybridized carbons (Fsp3) is 0.963. The molecular weight excluding hydrogens is 340 g/mol. The van der Waals surface area contributed by atoms with Crippen molar-refractivity contribution in [3.05, 3.63) is 0 Å². The molecule has 0 radical (unpaired) electrons. The van der Waals surface area contributed by atoms with Gasteiger partial charge in [0.2, 0.25) is 0 Å². The maximum Gasteiger partial charge on any atom is 0.133 e. The van der Waals surface area contributed by atoms with Gasteiger partial charge < -0.3 is 0 Å². The molecule has 0 bridgehead atoms. The SMILES string of the molecule is CC(C)CCC[C@@H](C)[C@H]1CC[C@H]2[C@@H]3CC[C@]45CC(=O)CC[C@]4(C5)[C@H]3CC[C@]12C. The summed E-state index contributed by atoms with van der Waals surface area (Å²) in [5.41, 5.74) is 1.72. The third-order valence-electron chi connectivity index (χ3n) is 11.3. The molecule has 5 aliphatic rings. The zero-order chi connectivity index (χ0) is 19.7. The number of rotatable bonds is 5. The molecule has 0 N–H and O–H groups in total. The van der Waals surface area contributed by atoms with Crippen LogP contribution in [0.4, 0.5) is 0 Å². The highest BCUT2D eigenvalue weighted by Gasteiger charge is 2.75. The molecule has 0 aromatic heterocycles. The topological polar surface area (TPSA) is 17.1 Å². The van der Waals surface area contributed by atoms with Gasteiger partial charge in [-0.3, -0.25) is 4.79 Å². The third kappa shape index (κ3) is 2.66. The minimum atomic E-state index is 0.486. The first-order valence-electron chi connectivity index (χ1n) is 12.8. The van der Waals surface area contributed by atoms with Crippen LogP contribution in [-0.2, 0) is 4.79 Å². The van der Waals surface area contributed by atoms with Gasteiger partial charge in [0, 0.05) is 12.8 Å².